The molecule has 3 aromatic carbocycles. The number of carbonyl (C=O) groups excluding carboxylic acids is 1. The first kappa shape index (κ1) is 22.1. The predicted octanol–water partition coefficient (Wildman–Crippen LogP) is 5.69. The molecular formula is C24H20BrN3O3S. The molecule has 0 saturated carbocycles. The van der Waals surface area contributed by atoms with Crippen molar-refractivity contribution in [1.82, 2.24) is 14.8 Å². The van der Waals surface area contributed by atoms with Crippen molar-refractivity contribution in [2.24, 2.45) is 0 Å². The van der Waals surface area contributed by atoms with E-state index in [-0.39, 0.29) is 11.5 Å². The van der Waals surface area contributed by atoms with Gasteiger partial charge in [-0.05, 0) is 60.7 Å². The molecule has 0 atom stereocenters. The molecular weight excluding hydrogens is 490 g/mol. The van der Waals surface area contributed by atoms with Gasteiger partial charge in [0.15, 0.2) is 16.8 Å². The third kappa shape index (κ3) is 4.87. The Labute approximate surface area is 198 Å². The molecule has 1 heterocycles. The van der Waals surface area contributed by atoms with Gasteiger partial charge in [0.05, 0.1) is 20.0 Å². The van der Waals surface area contributed by atoms with Gasteiger partial charge in [-0.25, -0.2) is 0 Å². The molecule has 0 bridgehead atoms. The Balaban J connectivity index is 1.64. The SMILES string of the molecule is COc1ccc(C(=O)CSc2nnc(-c3ccc(Br)cc3)n2-c2ccc(OC)cc2)cc1. The van der Waals surface area contributed by atoms with Gasteiger partial charge < -0.3 is 9.47 Å². The number of methoxy groups -OCH3 is 2. The summed E-state index contributed by atoms with van der Waals surface area (Å²) in [4.78, 5) is 12.7. The summed E-state index contributed by atoms with van der Waals surface area (Å²) in [6, 6.07) is 22.6. The second-order valence-corrected chi connectivity index (χ2v) is 8.65. The molecule has 0 amide bonds. The molecule has 8 heteroatoms. The van der Waals surface area contributed by atoms with Gasteiger partial charge in [-0.3, -0.25) is 9.36 Å². The minimum atomic E-state index is 0.00660. The van der Waals surface area contributed by atoms with E-state index in [1.54, 1.807) is 38.5 Å². The van der Waals surface area contributed by atoms with Crippen LogP contribution in [0.1, 0.15) is 10.4 Å². The molecule has 0 aliphatic heterocycles. The highest BCUT2D eigenvalue weighted by molar-refractivity contribution is 9.10. The van der Waals surface area contributed by atoms with Crippen LogP contribution in [0, 0.1) is 0 Å². The molecule has 0 N–H and O–H groups in total. The van der Waals surface area contributed by atoms with Crippen LogP contribution in [0.5, 0.6) is 11.5 Å². The first-order valence-electron chi connectivity index (χ1n) is 9.75. The van der Waals surface area contributed by atoms with Crippen LogP contribution >= 0.6 is 27.7 Å². The average Bonchev–Trinajstić information content (AvgIpc) is 3.27. The Morgan fingerprint density at radius 1 is 0.875 bits per heavy atom. The number of ether oxygens (including phenoxy) is 2. The summed E-state index contributed by atoms with van der Waals surface area (Å²) in [7, 11) is 3.23. The number of rotatable bonds is 8. The van der Waals surface area contributed by atoms with Crippen molar-refractivity contribution in [2.75, 3.05) is 20.0 Å². The van der Waals surface area contributed by atoms with Gasteiger partial charge in [0, 0.05) is 21.3 Å². The summed E-state index contributed by atoms with van der Waals surface area (Å²) < 4.78 is 13.4. The van der Waals surface area contributed by atoms with Crippen LogP contribution in [-0.2, 0) is 0 Å². The third-order valence-corrected chi connectivity index (χ3v) is 6.27. The molecule has 0 aliphatic carbocycles. The monoisotopic (exact) mass is 509 g/mol. The molecule has 32 heavy (non-hydrogen) atoms. The average molecular weight is 510 g/mol. The molecule has 0 spiro atoms. The fraction of sp³-hybridized carbons (Fsp3) is 0.125. The molecule has 0 aliphatic rings. The van der Waals surface area contributed by atoms with E-state index in [4.69, 9.17) is 9.47 Å². The fourth-order valence-corrected chi connectivity index (χ4v) is 4.21. The Bertz CT molecular complexity index is 1210. The zero-order chi connectivity index (χ0) is 22.5. The molecule has 0 saturated heterocycles. The van der Waals surface area contributed by atoms with Crippen molar-refractivity contribution in [3.8, 4) is 28.6 Å². The smallest absolute Gasteiger partial charge is 0.196 e. The van der Waals surface area contributed by atoms with E-state index in [0.717, 1.165) is 21.5 Å². The van der Waals surface area contributed by atoms with E-state index < -0.39 is 0 Å². The summed E-state index contributed by atoms with van der Waals surface area (Å²) in [5, 5.41) is 9.45. The normalized spacial score (nSPS) is 10.7. The standard InChI is InChI=1S/C24H20BrN3O3S/c1-30-20-11-5-16(6-12-20)22(29)15-32-24-27-26-23(17-3-7-18(25)8-4-17)28(24)19-9-13-21(31-2)14-10-19/h3-14H,15H2,1-2H3. The minimum absolute atomic E-state index is 0.00660. The van der Waals surface area contributed by atoms with Crippen molar-refractivity contribution in [3.63, 3.8) is 0 Å². The van der Waals surface area contributed by atoms with Crippen LogP contribution in [0.25, 0.3) is 17.1 Å². The molecule has 1 aromatic heterocycles. The second kappa shape index (κ2) is 10.0. The topological polar surface area (TPSA) is 66.2 Å². The number of ketones is 1. The number of aromatic nitrogens is 3. The van der Waals surface area contributed by atoms with Crippen LogP contribution in [0.3, 0.4) is 0 Å². The van der Waals surface area contributed by atoms with Crippen molar-refractivity contribution in [3.05, 3.63) is 82.8 Å². The van der Waals surface area contributed by atoms with Gasteiger partial charge in [-0.2, -0.15) is 0 Å². The number of Topliss-reactive ketones (excluding diaryl/α,β-unsaturated/α-hetero) is 1. The number of halogens is 1. The Morgan fingerprint density at radius 2 is 1.47 bits per heavy atom. The van der Waals surface area contributed by atoms with E-state index in [2.05, 4.69) is 26.1 Å². The van der Waals surface area contributed by atoms with Crippen molar-refractivity contribution in [1.29, 1.82) is 0 Å². The Morgan fingerprint density at radius 3 is 2.06 bits per heavy atom. The third-order valence-electron chi connectivity index (χ3n) is 4.81. The van der Waals surface area contributed by atoms with Crippen LogP contribution in [0.4, 0.5) is 0 Å². The van der Waals surface area contributed by atoms with Crippen molar-refractivity contribution in [2.45, 2.75) is 5.16 Å². The first-order chi connectivity index (χ1) is 15.6. The summed E-state index contributed by atoms with van der Waals surface area (Å²) in [5.74, 6) is 2.42. The maximum Gasteiger partial charge on any atom is 0.196 e. The maximum absolute atomic E-state index is 12.7. The number of nitrogens with zero attached hydrogens (tertiary/aromatic N) is 3. The molecule has 162 valence electrons. The van der Waals surface area contributed by atoms with Crippen LogP contribution in [0.15, 0.2) is 82.4 Å². The van der Waals surface area contributed by atoms with Gasteiger partial charge in [0.2, 0.25) is 0 Å². The van der Waals surface area contributed by atoms with Crippen LogP contribution in [-0.4, -0.2) is 40.5 Å². The number of thioether (sulfide) groups is 1. The Hall–Kier alpha value is -3.10. The largest absolute Gasteiger partial charge is 0.497 e. The summed E-state index contributed by atoms with van der Waals surface area (Å²) >= 11 is 4.82. The van der Waals surface area contributed by atoms with E-state index >= 15 is 0 Å². The number of hydrogen-bond donors (Lipinski definition) is 0. The lowest BCUT2D eigenvalue weighted by Crippen LogP contribution is -2.05. The first-order valence-corrected chi connectivity index (χ1v) is 11.5. The van der Waals surface area contributed by atoms with E-state index in [9.17, 15) is 4.79 Å². The number of carbonyl (C=O) groups is 1. The molecule has 0 fully saturated rings. The summed E-state index contributed by atoms with van der Waals surface area (Å²) in [6.45, 7) is 0. The van der Waals surface area contributed by atoms with Gasteiger partial charge >= 0.3 is 0 Å². The summed E-state index contributed by atoms with van der Waals surface area (Å²) in [6.07, 6.45) is 0. The van der Waals surface area contributed by atoms with Crippen LogP contribution in [0.2, 0.25) is 0 Å². The van der Waals surface area contributed by atoms with Gasteiger partial charge in [-0.15, -0.1) is 10.2 Å². The van der Waals surface area contributed by atoms with Crippen molar-refractivity contribution < 1.29 is 14.3 Å². The fourth-order valence-electron chi connectivity index (χ4n) is 3.10. The highest BCUT2D eigenvalue weighted by Crippen LogP contribution is 2.30. The lowest BCUT2D eigenvalue weighted by molar-refractivity contribution is 0.102. The molecule has 6 nitrogen and oxygen atoms in total. The zero-order valence-electron chi connectivity index (χ0n) is 17.5. The van der Waals surface area contributed by atoms with Crippen LogP contribution < -0.4 is 9.47 Å². The number of hydrogen-bond acceptors (Lipinski definition) is 6. The second-order valence-electron chi connectivity index (χ2n) is 6.79. The van der Waals surface area contributed by atoms with Crippen molar-refractivity contribution >= 4 is 33.5 Å². The highest BCUT2D eigenvalue weighted by atomic mass is 79.9. The zero-order valence-corrected chi connectivity index (χ0v) is 19.9. The minimum Gasteiger partial charge on any atom is -0.497 e. The van der Waals surface area contributed by atoms with E-state index in [1.165, 1.54) is 11.8 Å². The predicted molar refractivity (Wildman–Crippen MR) is 129 cm³/mol. The Kier molecular flexibility index (Phi) is 6.92. The number of benzene rings is 3. The molecule has 4 aromatic rings. The summed E-state index contributed by atoms with van der Waals surface area (Å²) in [5.41, 5.74) is 2.43. The molecule has 0 radical (unpaired) electrons. The quantitative estimate of drug-likeness (QED) is 0.224. The van der Waals surface area contributed by atoms with E-state index in [0.29, 0.717) is 22.3 Å². The maximum atomic E-state index is 12.7. The molecule has 0 unspecified atom stereocenters. The highest BCUT2D eigenvalue weighted by Gasteiger charge is 2.18. The van der Waals surface area contributed by atoms with E-state index in [1.807, 2.05) is 53.1 Å². The lowest BCUT2D eigenvalue weighted by Gasteiger charge is -2.11. The van der Waals surface area contributed by atoms with Gasteiger partial charge in [0.25, 0.3) is 0 Å². The molecule has 4 rings (SSSR count). The van der Waals surface area contributed by atoms with Gasteiger partial charge in [-0.1, -0.05) is 39.8 Å². The lowest BCUT2D eigenvalue weighted by atomic mass is 10.1. The van der Waals surface area contributed by atoms with Gasteiger partial charge in [0.1, 0.15) is 11.5 Å².